The van der Waals surface area contributed by atoms with Crippen molar-refractivity contribution in [1.82, 2.24) is 0 Å². The van der Waals surface area contributed by atoms with Gasteiger partial charge in [-0.1, -0.05) is 18.2 Å². The zero-order chi connectivity index (χ0) is 20.8. The molecule has 0 unspecified atom stereocenters. The van der Waals surface area contributed by atoms with E-state index in [4.69, 9.17) is 13.9 Å². The topological polar surface area (TPSA) is 94.8 Å². The van der Waals surface area contributed by atoms with E-state index in [1.807, 2.05) is 6.07 Å². The second kappa shape index (κ2) is 9.20. The Bertz CT molecular complexity index is 1020. The van der Waals surface area contributed by atoms with Crippen molar-refractivity contribution < 1.29 is 28.3 Å². The van der Waals surface area contributed by atoms with Crippen LogP contribution in [0.25, 0.3) is 11.3 Å². The molecule has 150 valence electrons. The highest BCUT2D eigenvalue weighted by Crippen LogP contribution is 2.36. The molecule has 2 heterocycles. The quantitative estimate of drug-likeness (QED) is 0.581. The van der Waals surface area contributed by atoms with Crippen LogP contribution in [0.5, 0.6) is 0 Å². The first-order valence-corrected chi connectivity index (χ1v) is 9.74. The molecular formula is C21H19NO6S. The van der Waals surface area contributed by atoms with Crippen LogP contribution in [-0.2, 0) is 14.3 Å². The number of hydrogen-bond acceptors (Lipinski definition) is 7. The molecule has 2 aromatic heterocycles. The van der Waals surface area contributed by atoms with Crippen molar-refractivity contribution in [3.63, 3.8) is 0 Å². The minimum absolute atomic E-state index is 0.188. The predicted octanol–water partition coefficient (Wildman–Crippen LogP) is 4.29. The second-order valence-corrected chi connectivity index (χ2v) is 6.87. The maximum atomic E-state index is 12.4. The van der Waals surface area contributed by atoms with Gasteiger partial charge in [0.25, 0.3) is 5.91 Å². The van der Waals surface area contributed by atoms with E-state index < -0.39 is 24.5 Å². The maximum Gasteiger partial charge on any atom is 0.341 e. The van der Waals surface area contributed by atoms with Gasteiger partial charge in [0.1, 0.15) is 16.3 Å². The fourth-order valence-electron chi connectivity index (χ4n) is 2.64. The lowest BCUT2D eigenvalue weighted by atomic mass is 10.1. The Morgan fingerprint density at radius 3 is 2.55 bits per heavy atom. The molecule has 0 atom stereocenters. The van der Waals surface area contributed by atoms with Gasteiger partial charge in [0.2, 0.25) is 0 Å². The Hall–Kier alpha value is -3.39. The van der Waals surface area contributed by atoms with Crippen LogP contribution >= 0.6 is 11.3 Å². The third kappa shape index (κ3) is 4.72. The number of nitrogens with one attached hydrogen (secondary N) is 1. The number of thiophene rings is 1. The molecule has 0 spiro atoms. The number of aryl methyl sites for hydroxylation is 1. The van der Waals surface area contributed by atoms with Crippen molar-refractivity contribution in [2.24, 2.45) is 0 Å². The number of esters is 2. The highest BCUT2D eigenvalue weighted by molar-refractivity contribution is 7.15. The van der Waals surface area contributed by atoms with E-state index in [-0.39, 0.29) is 12.2 Å². The minimum atomic E-state index is -0.591. The average molecular weight is 413 g/mol. The third-order valence-corrected chi connectivity index (χ3v) is 4.90. The molecule has 0 aliphatic carbocycles. The van der Waals surface area contributed by atoms with Crippen molar-refractivity contribution in [2.45, 2.75) is 13.8 Å². The first-order chi connectivity index (χ1) is 14.0. The van der Waals surface area contributed by atoms with Gasteiger partial charge >= 0.3 is 11.9 Å². The van der Waals surface area contributed by atoms with Crippen molar-refractivity contribution >= 4 is 34.2 Å². The van der Waals surface area contributed by atoms with E-state index in [9.17, 15) is 14.4 Å². The zero-order valence-corrected chi connectivity index (χ0v) is 16.7. The summed E-state index contributed by atoms with van der Waals surface area (Å²) in [5.41, 5.74) is 1.86. The van der Waals surface area contributed by atoms with Gasteiger partial charge in [0.15, 0.2) is 6.61 Å². The van der Waals surface area contributed by atoms with Crippen molar-refractivity contribution in [3.05, 3.63) is 64.7 Å². The van der Waals surface area contributed by atoms with Gasteiger partial charge in [-0.15, -0.1) is 11.3 Å². The summed E-state index contributed by atoms with van der Waals surface area (Å²) in [5.74, 6) is -1.25. The number of carbonyl (C=O) groups excluding carboxylic acids is 3. The predicted molar refractivity (Wildman–Crippen MR) is 108 cm³/mol. The SMILES string of the molecule is CCOC(=O)c1c(-c2ccco2)csc1NC(=O)COC(=O)c1ccccc1C. The summed E-state index contributed by atoms with van der Waals surface area (Å²) >= 11 is 1.16. The van der Waals surface area contributed by atoms with E-state index >= 15 is 0 Å². The molecule has 1 N–H and O–H groups in total. The fraction of sp³-hybridized carbons (Fsp3) is 0.190. The molecule has 0 aliphatic rings. The molecule has 0 saturated heterocycles. The van der Waals surface area contributed by atoms with Crippen LogP contribution in [0.1, 0.15) is 33.2 Å². The molecule has 0 saturated carbocycles. The highest BCUT2D eigenvalue weighted by Gasteiger charge is 2.24. The van der Waals surface area contributed by atoms with E-state index in [1.54, 1.807) is 49.6 Å². The van der Waals surface area contributed by atoms with Crippen LogP contribution in [-0.4, -0.2) is 31.1 Å². The van der Waals surface area contributed by atoms with E-state index in [0.29, 0.717) is 21.9 Å². The van der Waals surface area contributed by atoms with Gasteiger partial charge in [-0.3, -0.25) is 4.79 Å². The lowest BCUT2D eigenvalue weighted by Gasteiger charge is -2.09. The maximum absolute atomic E-state index is 12.4. The Morgan fingerprint density at radius 2 is 1.86 bits per heavy atom. The standard InChI is InChI=1S/C21H19NO6S/c1-3-26-21(25)18-15(16-9-6-10-27-16)12-29-19(18)22-17(23)11-28-20(24)14-8-5-4-7-13(14)2/h4-10,12H,3,11H2,1-2H3,(H,22,23). The molecule has 1 amide bonds. The number of ether oxygens (including phenoxy) is 2. The van der Waals surface area contributed by atoms with Crippen LogP contribution < -0.4 is 5.32 Å². The average Bonchev–Trinajstić information content (AvgIpc) is 3.36. The van der Waals surface area contributed by atoms with Crippen molar-refractivity contribution in [1.29, 1.82) is 0 Å². The number of furan rings is 1. The number of rotatable bonds is 7. The van der Waals surface area contributed by atoms with E-state index in [0.717, 1.165) is 16.9 Å². The van der Waals surface area contributed by atoms with Crippen LogP contribution in [0.3, 0.4) is 0 Å². The second-order valence-electron chi connectivity index (χ2n) is 5.99. The molecule has 3 aromatic rings. The lowest BCUT2D eigenvalue weighted by molar-refractivity contribution is -0.119. The molecule has 0 radical (unpaired) electrons. The minimum Gasteiger partial charge on any atom is -0.464 e. The van der Waals surface area contributed by atoms with E-state index in [1.165, 1.54) is 6.26 Å². The van der Waals surface area contributed by atoms with Gasteiger partial charge in [-0.05, 0) is 37.6 Å². The molecule has 0 aliphatic heterocycles. The van der Waals surface area contributed by atoms with Gasteiger partial charge in [-0.25, -0.2) is 9.59 Å². The summed E-state index contributed by atoms with van der Waals surface area (Å²) in [7, 11) is 0. The number of hydrogen-bond donors (Lipinski definition) is 1. The first kappa shape index (κ1) is 20.3. The molecule has 8 heteroatoms. The smallest absolute Gasteiger partial charge is 0.341 e. The van der Waals surface area contributed by atoms with Crippen molar-refractivity contribution in [2.75, 3.05) is 18.5 Å². The monoisotopic (exact) mass is 413 g/mol. The van der Waals surface area contributed by atoms with Crippen LogP contribution in [0.2, 0.25) is 0 Å². The molecule has 0 fully saturated rings. The summed E-state index contributed by atoms with van der Waals surface area (Å²) in [5, 5.41) is 4.61. The van der Waals surface area contributed by atoms with Crippen LogP contribution in [0, 0.1) is 6.92 Å². The summed E-state index contributed by atoms with van der Waals surface area (Å²) in [6.45, 7) is 3.18. The van der Waals surface area contributed by atoms with Crippen molar-refractivity contribution in [3.8, 4) is 11.3 Å². The Labute approximate surface area is 171 Å². The van der Waals surface area contributed by atoms with Gasteiger partial charge < -0.3 is 19.2 Å². The van der Waals surface area contributed by atoms with Gasteiger partial charge in [0.05, 0.1) is 18.4 Å². The van der Waals surface area contributed by atoms with Crippen LogP contribution in [0.15, 0.2) is 52.5 Å². The Morgan fingerprint density at radius 1 is 1.07 bits per heavy atom. The van der Waals surface area contributed by atoms with Gasteiger partial charge in [-0.2, -0.15) is 0 Å². The number of carbonyl (C=O) groups is 3. The fourth-order valence-corrected chi connectivity index (χ4v) is 3.60. The Balaban J connectivity index is 1.72. The molecule has 7 nitrogen and oxygen atoms in total. The molecule has 29 heavy (non-hydrogen) atoms. The molecule has 3 rings (SSSR count). The Kier molecular flexibility index (Phi) is 6.46. The number of amides is 1. The highest BCUT2D eigenvalue weighted by atomic mass is 32.1. The van der Waals surface area contributed by atoms with Gasteiger partial charge in [0, 0.05) is 10.9 Å². The normalized spacial score (nSPS) is 10.4. The lowest BCUT2D eigenvalue weighted by Crippen LogP contribution is -2.22. The summed E-state index contributed by atoms with van der Waals surface area (Å²) in [6.07, 6.45) is 1.49. The van der Waals surface area contributed by atoms with Crippen LogP contribution in [0.4, 0.5) is 5.00 Å². The summed E-state index contributed by atoms with van der Waals surface area (Å²) in [6, 6.07) is 10.3. The summed E-state index contributed by atoms with van der Waals surface area (Å²) in [4.78, 5) is 36.9. The number of benzene rings is 1. The molecule has 0 bridgehead atoms. The molecular weight excluding hydrogens is 394 g/mol. The van der Waals surface area contributed by atoms with E-state index in [2.05, 4.69) is 5.32 Å². The molecule has 1 aromatic carbocycles. The third-order valence-electron chi connectivity index (χ3n) is 4.01. The first-order valence-electron chi connectivity index (χ1n) is 8.86. The largest absolute Gasteiger partial charge is 0.464 e. The number of anilines is 1. The summed E-state index contributed by atoms with van der Waals surface area (Å²) < 4.78 is 15.6. The zero-order valence-electron chi connectivity index (χ0n) is 15.9.